The van der Waals surface area contributed by atoms with Crippen molar-refractivity contribution < 1.29 is 19.2 Å². The average molecular weight is 330 g/mol. The van der Waals surface area contributed by atoms with Crippen LogP contribution >= 0.6 is 0 Å². The SMILES string of the molecule is COc1ccc(OC)c(CCC(=O)Nc2ccc([N+](=O)[O-])cc2)c1. The second kappa shape index (κ2) is 7.96. The van der Waals surface area contributed by atoms with Gasteiger partial charge >= 0.3 is 0 Å². The maximum Gasteiger partial charge on any atom is 0.269 e. The van der Waals surface area contributed by atoms with Crippen molar-refractivity contribution >= 4 is 17.3 Å². The first-order valence-electron chi connectivity index (χ1n) is 7.28. The van der Waals surface area contributed by atoms with Gasteiger partial charge in [-0.15, -0.1) is 0 Å². The van der Waals surface area contributed by atoms with Crippen molar-refractivity contribution in [1.82, 2.24) is 0 Å². The Balaban J connectivity index is 1.96. The summed E-state index contributed by atoms with van der Waals surface area (Å²) in [4.78, 5) is 22.2. The predicted molar refractivity (Wildman–Crippen MR) is 89.6 cm³/mol. The number of methoxy groups -OCH3 is 2. The van der Waals surface area contributed by atoms with Crippen LogP contribution in [0.1, 0.15) is 12.0 Å². The maximum absolute atomic E-state index is 12.0. The molecule has 126 valence electrons. The third kappa shape index (κ3) is 4.45. The van der Waals surface area contributed by atoms with E-state index in [0.29, 0.717) is 23.6 Å². The zero-order valence-corrected chi connectivity index (χ0v) is 13.4. The van der Waals surface area contributed by atoms with Crippen LogP contribution in [0.2, 0.25) is 0 Å². The van der Waals surface area contributed by atoms with Crippen LogP contribution in [0.3, 0.4) is 0 Å². The molecule has 0 aliphatic carbocycles. The monoisotopic (exact) mass is 330 g/mol. The second-order valence-corrected chi connectivity index (χ2v) is 5.03. The number of nitro groups is 1. The molecule has 0 bridgehead atoms. The number of nitrogens with zero attached hydrogens (tertiary/aromatic N) is 1. The summed E-state index contributed by atoms with van der Waals surface area (Å²) in [5.41, 5.74) is 1.37. The van der Waals surface area contributed by atoms with Gasteiger partial charge in [-0.25, -0.2) is 0 Å². The molecular weight excluding hydrogens is 312 g/mol. The van der Waals surface area contributed by atoms with Gasteiger partial charge in [0.2, 0.25) is 5.91 Å². The van der Waals surface area contributed by atoms with Crippen LogP contribution in [-0.4, -0.2) is 25.1 Å². The van der Waals surface area contributed by atoms with Crippen LogP contribution in [0.15, 0.2) is 42.5 Å². The fourth-order valence-electron chi connectivity index (χ4n) is 2.22. The summed E-state index contributed by atoms with van der Waals surface area (Å²) in [5.74, 6) is 1.20. The highest BCUT2D eigenvalue weighted by molar-refractivity contribution is 5.91. The lowest BCUT2D eigenvalue weighted by Gasteiger charge is -2.10. The number of hydrogen-bond donors (Lipinski definition) is 1. The minimum atomic E-state index is -0.485. The third-order valence-electron chi connectivity index (χ3n) is 3.47. The molecule has 0 radical (unpaired) electrons. The Morgan fingerprint density at radius 2 is 1.83 bits per heavy atom. The van der Waals surface area contributed by atoms with E-state index in [1.807, 2.05) is 6.07 Å². The molecular formula is C17H18N2O5. The molecule has 2 rings (SSSR count). The van der Waals surface area contributed by atoms with E-state index < -0.39 is 4.92 Å². The van der Waals surface area contributed by atoms with E-state index in [-0.39, 0.29) is 18.0 Å². The lowest BCUT2D eigenvalue weighted by Crippen LogP contribution is -2.12. The Kier molecular flexibility index (Phi) is 5.73. The Morgan fingerprint density at radius 1 is 1.12 bits per heavy atom. The van der Waals surface area contributed by atoms with Gasteiger partial charge in [0, 0.05) is 24.2 Å². The quantitative estimate of drug-likeness (QED) is 0.622. The number of non-ortho nitro benzene ring substituents is 1. The molecule has 1 N–H and O–H groups in total. The first-order valence-corrected chi connectivity index (χ1v) is 7.28. The largest absolute Gasteiger partial charge is 0.497 e. The number of nitrogens with one attached hydrogen (secondary N) is 1. The van der Waals surface area contributed by atoms with Crippen molar-refractivity contribution in [2.75, 3.05) is 19.5 Å². The normalized spacial score (nSPS) is 10.1. The molecule has 0 saturated carbocycles. The number of aryl methyl sites for hydroxylation is 1. The zero-order chi connectivity index (χ0) is 17.5. The van der Waals surface area contributed by atoms with E-state index in [1.165, 1.54) is 24.3 Å². The second-order valence-electron chi connectivity index (χ2n) is 5.03. The smallest absolute Gasteiger partial charge is 0.269 e. The summed E-state index contributed by atoms with van der Waals surface area (Å²) in [6, 6.07) is 11.1. The van der Waals surface area contributed by atoms with Crippen molar-refractivity contribution in [2.45, 2.75) is 12.8 Å². The minimum Gasteiger partial charge on any atom is -0.497 e. The summed E-state index contributed by atoms with van der Waals surface area (Å²) in [7, 11) is 3.15. The van der Waals surface area contributed by atoms with E-state index in [9.17, 15) is 14.9 Å². The van der Waals surface area contributed by atoms with Crippen LogP contribution in [0, 0.1) is 10.1 Å². The first kappa shape index (κ1) is 17.3. The lowest BCUT2D eigenvalue weighted by atomic mass is 10.1. The number of benzene rings is 2. The van der Waals surface area contributed by atoms with E-state index in [0.717, 1.165) is 5.56 Å². The van der Waals surface area contributed by atoms with Crippen LogP contribution < -0.4 is 14.8 Å². The van der Waals surface area contributed by atoms with E-state index in [4.69, 9.17) is 9.47 Å². The number of carbonyl (C=O) groups excluding carboxylic acids is 1. The summed E-state index contributed by atoms with van der Waals surface area (Å²) in [5, 5.41) is 13.3. The van der Waals surface area contributed by atoms with Crippen molar-refractivity contribution in [1.29, 1.82) is 0 Å². The molecule has 0 heterocycles. The Morgan fingerprint density at radius 3 is 2.42 bits per heavy atom. The summed E-state index contributed by atoms with van der Waals surface area (Å²) in [6.45, 7) is 0. The van der Waals surface area contributed by atoms with E-state index in [2.05, 4.69) is 5.32 Å². The van der Waals surface area contributed by atoms with Gasteiger partial charge in [0.15, 0.2) is 0 Å². The molecule has 2 aromatic rings. The number of rotatable bonds is 7. The molecule has 2 aromatic carbocycles. The molecule has 0 spiro atoms. The van der Waals surface area contributed by atoms with Crippen molar-refractivity contribution in [3.63, 3.8) is 0 Å². The van der Waals surface area contributed by atoms with Gasteiger partial charge in [0.25, 0.3) is 5.69 Å². The van der Waals surface area contributed by atoms with E-state index in [1.54, 1.807) is 26.4 Å². The number of anilines is 1. The van der Waals surface area contributed by atoms with Crippen LogP contribution in [-0.2, 0) is 11.2 Å². The van der Waals surface area contributed by atoms with Gasteiger partial charge in [-0.05, 0) is 42.3 Å². The number of hydrogen-bond acceptors (Lipinski definition) is 5. The van der Waals surface area contributed by atoms with Crippen LogP contribution in [0.5, 0.6) is 11.5 Å². The maximum atomic E-state index is 12.0. The Labute approximate surface area is 139 Å². The van der Waals surface area contributed by atoms with Crippen molar-refractivity contribution in [2.24, 2.45) is 0 Å². The number of ether oxygens (including phenoxy) is 2. The highest BCUT2D eigenvalue weighted by atomic mass is 16.6. The Hall–Kier alpha value is -3.09. The summed E-state index contributed by atoms with van der Waals surface area (Å²) in [6.07, 6.45) is 0.736. The lowest BCUT2D eigenvalue weighted by molar-refractivity contribution is -0.384. The molecule has 0 aliphatic heterocycles. The molecule has 0 fully saturated rings. The molecule has 7 heteroatoms. The van der Waals surface area contributed by atoms with Crippen LogP contribution in [0.25, 0.3) is 0 Å². The minimum absolute atomic E-state index is 0.0193. The highest BCUT2D eigenvalue weighted by Gasteiger charge is 2.10. The van der Waals surface area contributed by atoms with Gasteiger partial charge in [0.1, 0.15) is 11.5 Å². The predicted octanol–water partition coefficient (Wildman–Crippen LogP) is 3.18. The average Bonchev–Trinajstić information content (AvgIpc) is 2.60. The molecule has 0 saturated heterocycles. The number of carbonyl (C=O) groups is 1. The fraction of sp³-hybridized carbons (Fsp3) is 0.235. The molecule has 0 atom stereocenters. The summed E-state index contributed by atoms with van der Waals surface area (Å²) < 4.78 is 10.5. The highest BCUT2D eigenvalue weighted by Crippen LogP contribution is 2.25. The van der Waals surface area contributed by atoms with Gasteiger partial charge < -0.3 is 14.8 Å². The molecule has 7 nitrogen and oxygen atoms in total. The van der Waals surface area contributed by atoms with Gasteiger partial charge in [-0.2, -0.15) is 0 Å². The molecule has 0 unspecified atom stereocenters. The van der Waals surface area contributed by atoms with E-state index >= 15 is 0 Å². The zero-order valence-electron chi connectivity index (χ0n) is 13.4. The van der Waals surface area contributed by atoms with Crippen molar-refractivity contribution in [3.05, 3.63) is 58.1 Å². The van der Waals surface area contributed by atoms with Gasteiger partial charge in [-0.3, -0.25) is 14.9 Å². The molecule has 24 heavy (non-hydrogen) atoms. The standard InChI is InChI=1S/C17H18N2O5/c1-23-15-8-9-16(24-2)12(11-15)3-10-17(20)18-13-4-6-14(7-5-13)19(21)22/h4-9,11H,3,10H2,1-2H3,(H,18,20). The summed E-state index contributed by atoms with van der Waals surface area (Å²) >= 11 is 0. The third-order valence-corrected chi connectivity index (χ3v) is 3.47. The van der Waals surface area contributed by atoms with Crippen molar-refractivity contribution in [3.8, 4) is 11.5 Å². The number of nitro benzene ring substituents is 1. The van der Waals surface area contributed by atoms with Gasteiger partial charge in [0.05, 0.1) is 19.1 Å². The topological polar surface area (TPSA) is 90.7 Å². The van der Waals surface area contributed by atoms with Crippen LogP contribution in [0.4, 0.5) is 11.4 Å². The molecule has 1 amide bonds. The Bertz CT molecular complexity index is 728. The van der Waals surface area contributed by atoms with Gasteiger partial charge in [-0.1, -0.05) is 0 Å². The number of amides is 1. The first-order chi connectivity index (χ1) is 11.5. The molecule has 0 aromatic heterocycles. The molecule has 0 aliphatic rings. The fourth-order valence-corrected chi connectivity index (χ4v) is 2.22.